The zero-order valence-corrected chi connectivity index (χ0v) is 11.1. The number of hydrogen-bond donors (Lipinski definition) is 1. The minimum absolute atomic E-state index is 0.336. The van der Waals surface area contributed by atoms with E-state index in [2.05, 4.69) is 6.07 Å². The third-order valence-electron chi connectivity index (χ3n) is 3.40. The maximum atomic E-state index is 13.2. The minimum Gasteiger partial charge on any atom is -0.324 e. The summed E-state index contributed by atoms with van der Waals surface area (Å²) in [5, 5.41) is 0. The van der Waals surface area contributed by atoms with Crippen molar-refractivity contribution < 1.29 is 8.78 Å². The van der Waals surface area contributed by atoms with Crippen LogP contribution in [-0.4, -0.2) is 0 Å². The van der Waals surface area contributed by atoms with Gasteiger partial charge >= 0.3 is 0 Å². The fourth-order valence-corrected chi connectivity index (χ4v) is 2.05. The highest BCUT2D eigenvalue weighted by Gasteiger charge is 2.10. The van der Waals surface area contributed by atoms with Crippen LogP contribution >= 0.6 is 0 Å². The molecule has 100 valence electrons. The molecule has 0 aromatic heterocycles. The largest absolute Gasteiger partial charge is 0.324 e. The van der Waals surface area contributed by atoms with Gasteiger partial charge < -0.3 is 5.73 Å². The number of nitrogens with two attached hydrogens (primary N) is 1. The van der Waals surface area contributed by atoms with Crippen molar-refractivity contribution in [3.8, 4) is 0 Å². The van der Waals surface area contributed by atoms with Gasteiger partial charge in [0, 0.05) is 6.04 Å². The van der Waals surface area contributed by atoms with E-state index in [4.69, 9.17) is 5.73 Å². The monoisotopic (exact) mass is 261 g/mol. The summed E-state index contributed by atoms with van der Waals surface area (Å²) in [5.74, 6) is -1.70. The summed E-state index contributed by atoms with van der Waals surface area (Å²) in [7, 11) is 0. The molecule has 2 aromatic carbocycles. The molecule has 1 atom stereocenters. The van der Waals surface area contributed by atoms with Crippen LogP contribution in [0.15, 0.2) is 36.4 Å². The second-order valence-corrected chi connectivity index (χ2v) is 4.90. The molecule has 0 radical (unpaired) electrons. The van der Waals surface area contributed by atoms with E-state index in [1.54, 1.807) is 0 Å². The molecule has 0 aliphatic rings. The maximum Gasteiger partial charge on any atom is 0.159 e. The van der Waals surface area contributed by atoms with Gasteiger partial charge in [0.25, 0.3) is 0 Å². The van der Waals surface area contributed by atoms with Gasteiger partial charge in [0.2, 0.25) is 0 Å². The summed E-state index contributed by atoms with van der Waals surface area (Å²) in [6.45, 7) is 4.09. The highest BCUT2D eigenvalue weighted by atomic mass is 19.2. The van der Waals surface area contributed by atoms with E-state index in [1.165, 1.54) is 23.3 Å². The van der Waals surface area contributed by atoms with E-state index in [1.807, 2.05) is 26.0 Å². The summed E-state index contributed by atoms with van der Waals surface area (Å²) in [6.07, 6.45) is 0.603. The first-order valence-electron chi connectivity index (χ1n) is 6.24. The van der Waals surface area contributed by atoms with Gasteiger partial charge in [-0.25, -0.2) is 8.78 Å². The molecule has 0 bridgehead atoms. The van der Waals surface area contributed by atoms with E-state index >= 15 is 0 Å². The standard InChI is InChI=1S/C16H17F2N/c1-10-3-4-12(7-11(10)2)8-16(19)13-5-6-14(17)15(18)9-13/h3-7,9,16H,8,19H2,1-2H3. The highest BCUT2D eigenvalue weighted by molar-refractivity contribution is 5.31. The van der Waals surface area contributed by atoms with E-state index in [-0.39, 0.29) is 6.04 Å². The summed E-state index contributed by atoms with van der Waals surface area (Å²) < 4.78 is 26.0. The topological polar surface area (TPSA) is 26.0 Å². The molecule has 0 saturated carbocycles. The number of aryl methyl sites for hydroxylation is 2. The summed E-state index contributed by atoms with van der Waals surface area (Å²) in [6, 6.07) is 9.62. The lowest BCUT2D eigenvalue weighted by molar-refractivity contribution is 0.505. The second kappa shape index (κ2) is 5.49. The number of rotatable bonds is 3. The Hall–Kier alpha value is -1.74. The second-order valence-electron chi connectivity index (χ2n) is 4.90. The Labute approximate surface area is 112 Å². The SMILES string of the molecule is Cc1ccc(CC(N)c2ccc(F)c(F)c2)cc1C. The van der Waals surface area contributed by atoms with Gasteiger partial charge in [-0.1, -0.05) is 24.3 Å². The van der Waals surface area contributed by atoms with Crippen molar-refractivity contribution in [2.45, 2.75) is 26.3 Å². The van der Waals surface area contributed by atoms with Gasteiger partial charge in [0.15, 0.2) is 11.6 Å². The van der Waals surface area contributed by atoms with E-state index in [0.717, 1.165) is 11.6 Å². The van der Waals surface area contributed by atoms with Crippen LogP contribution < -0.4 is 5.73 Å². The number of benzene rings is 2. The van der Waals surface area contributed by atoms with Gasteiger partial charge in [-0.2, -0.15) is 0 Å². The molecule has 2 aromatic rings. The molecule has 0 heterocycles. The van der Waals surface area contributed by atoms with Crippen LogP contribution in [0, 0.1) is 25.5 Å². The van der Waals surface area contributed by atoms with Crippen LogP contribution in [0.1, 0.15) is 28.3 Å². The predicted octanol–water partition coefficient (Wildman–Crippen LogP) is 3.82. The molecule has 1 unspecified atom stereocenters. The number of hydrogen-bond acceptors (Lipinski definition) is 1. The van der Waals surface area contributed by atoms with Crippen molar-refractivity contribution in [1.29, 1.82) is 0 Å². The zero-order valence-electron chi connectivity index (χ0n) is 11.1. The van der Waals surface area contributed by atoms with Crippen LogP contribution in [0.3, 0.4) is 0 Å². The van der Waals surface area contributed by atoms with Crippen LogP contribution in [0.5, 0.6) is 0 Å². The Bertz CT molecular complexity index is 593. The maximum absolute atomic E-state index is 13.2. The molecule has 0 fully saturated rings. The lowest BCUT2D eigenvalue weighted by atomic mass is 9.97. The summed E-state index contributed by atoms with van der Waals surface area (Å²) in [5.41, 5.74) is 10.2. The smallest absolute Gasteiger partial charge is 0.159 e. The van der Waals surface area contributed by atoms with E-state index in [9.17, 15) is 8.78 Å². The Balaban J connectivity index is 2.17. The Kier molecular flexibility index (Phi) is 3.96. The van der Waals surface area contributed by atoms with Gasteiger partial charge in [0.05, 0.1) is 0 Å². The van der Waals surface area contributed by atoms with Crippen molar-refractivity contribution in [3.05, 3.63) is 70.3 Å². The van der Waals surface area contributed by atoms with Gasteiger partial charge in [0.1, 0.15) is 0 Å². The molecule has 0 aliphatic carbocycles. The Morgan fingerprint density at radius 3 is 2.32 bits per heavy atom. The van der Waals surface area contributed by atoms with Crippen molar-refractivity contribution in [1.82, 2.24) is 0 Å². The van der Waals surface area contributed by atoms with Crippen LogP contribution in [-0.2, 0) is 6.42 Å². The van der Waals surface area contributed by atoms with Gasteiger partial charge in [-0.3, -0.25) is 0 Å². The molecular formula is C16H17F2N. The molecule has 3 heteroatoms. The van der Waals surface area contributed by atoms with Crippen molar-refractivity contribution >= 4 is 0 Å². The lowest BCUT2D eigenvalue weighted by Crippen LogP contribution is -2.14. The molecule has 1 nitrogen and oxygen atoms in total. The summed E-state index contributed by atoms with van der Waals surface area (Å²) in [4.78, 5) is 0. The third-order valence-corrected chi connectivity index (χ3v) is 3.40. The molecule has 2 N–H and O–H groups in total. The van der Waals surface area contributed by atoms with Crippen molar-refractivity contribution in [2.24, 2.45) is 5.73 Å². The van der Waals surface area contributed by atoms with Crippen molar-refractivity contribution in [3.63, 3.8) is 0 Å². The first-order chi connectivity index (χ1) is 8.97. The first-order valence-corrected chi connectivity index (χ1v) is 6.24. The third kappa shape index (κ3) is 3.18. The first kappa shape index (κ1) is 13.7. The molecule has 0 aliphatic heterocycles. The zero-order chi connectivity index (χ0) is 14.0. The Morgan fingerprint density at radius 2 is 1.68 bits per heavy atom. The van der Waals surface area contributed by atoms with Crippen molar-refractivity contribution in [2.75, 3.05) is 0 Å². The predicted molar refractivity (Wildman–Crippen MR) is 72.9 cm³/mol. The molecule has 2 rings (SSSR count). The van der Waals surface area contributed by atoms with E-state index in [0.29, 0.717) is 12.0 Å². The highest BCUT2D eigenvalue weighted by Crippen LogP contribution is 2.20. The molecule has 0 saturated heterocycles. The van der Waals surface area contributed by atoms with Gasteiger partial charge in [-0.15, -0.1) is 0 Å². The molecule has 0 spiro atoms. The fourth-order valence-electron chi connectivity index (χ4n) is 2.05. The minimum atomic E-state index is -0.854. The van der Waals surface area contributed by atoms with Crippen LogP contribution in [0.25, 0.3) is 0 Å². The number of halogens is 2. The fraction of sp³-hybridized carbons (Fsp3) is 0.250. The molecular weight excluding hydrogens is 244 g/mol. The van der Waals surface area contributed by atoms with Crippen LogP contribution in [0.4, 0.5) is 8.78 Å². The Morgan fingerprint density at radius 1 is 0.947 bits per heavy atom. The molecule has 19 heavy (non-hydrogen) atoms. The normalized spacial score (nSPS) is 12.5. The average molecular weight is 261 g/mol. The van der Waals surface area contributed by atoms with E-state index < -0.39 is 11.6 Å². The average Bonchev–Trinajstić information content (AvgIpc) is 2.37. The molecule has 0 amide bonds. The summed E-state index contributed by atoms with van der Waals surface area (Å²) >= 11 is 0. The quantitative estimate of drug-likeness (QED) is 0.893. The van der Waals surface area contributed by atoms with Crippen LogP contribution in [0.2, 0.25) is 0 Å². The lowest BCUT2D eigenvalue weighted by Gasteiger charge is -2.13. The van der Waals surface area contributed by atoms with Gasteiger partial charge in [-0.05, 0) is 54.7 Å².